The minimum absolute atomic E-state index is 0.150. The zero-order valence-electron chi connectivity index (χ0n) is 8.74. The number of piperidine rings is 1. The fourth-order valence-corrected chi connectivity index (χ4v) is 2.59. The van der Waals surface area contributed by atoms with Crippen LogP contribution in [0.25, 0.3) is 0 Å². The number of hydrogen-bond acceptors (Lipinski definition) is 3. The highest BCUT2D eigenvalue weighted by molar-refractivity contribution is 4.81. The number of aliphatic hydroxyl groups excluding tert-OH is 1. The van der Waals surface area contributed by atoms with Crippen LogP contribution in [0.4, 0.5) is 0 Å². The molecular weight excluding hydrogens is 178 g/mol. The van der Waals surface area contributed by atoms with Gasteiger partial charge in [0.25, 0.3) is 0 Å². The highest BCUT2D eigenvalue weighted by Gasteiger charge is 2.29. The summed E-state index contributed by atoms with van der Waals surface area (Å²) in [6.07, 6.45) is 4.47. The van der Waals surface area contributed by atoms with Gasteiger partial charge in [0, 0.05) is 19.1 Å². The van der Waals surface area contributed by atoms with Crippen LogP contribution in [-0.4, -0.2) is 37.5 Å². The Morgan fingerprint density at radius 2 is 2.07 bits per heavy atom. The van der Waals surface area contributed by atoms with Gasteiger partial charge in [-0.3, -0.25) is 0 Å². The summed E-state index contributed by atoms with van der Waals surface area (Å²) in [6.45, 7) is 3.74. The first-order valence-corrected chi connectivity index (χ1v) is 5.84. The number of rotatable bonds is 2. The normalized spacial score (nSPS) is 36.6. The molecule has 0 amide bonds. The van der Waals surface area contributed by atoms with Crippen molar-refractivity contribution >= 4 is 0 Å². The van der Waals surface area contributed by atoms with Gasteiger partial charge in [-0.1, -0.05) is 0 Å². The summed E-state index contributed by atoms with van der Waals surface area (Å²) in [7, 11) is 0. The third kappa shape index (κ3) is 2.47. The molecule has 2 aliphatic rings. The second-order valence-electron chi connectivity index (χ2n) is 4.57. The Morgan fingerprint density at radius 1 is 1.21 bits per heavy atom. The Labute approximate surface area is 85.8 Å². The van der Waals surface area contributed by atoms with Crippen molar-refractivity contribution in [3.8, 4) is 0 Å². The molecule has 0 radical (unpaired) electrons. The monoisotopic (exact) mass is 199 g/mol. The average Bonchev–Trinajstić information content (AvgIpc) is 2.30. The first-order valence-electron chi connectivity index (χ1n) is 5.84. The fraction of sp³-hybridized carbons (Fsp3) is 1.00. The van der Waals surface area contributed by atoms with E-state index in [0.717, 1.165) is 39.1 Å². The molecule has 3 nitrogen and oxygen atoms in total. The van der Waals surface area contributed by atoms with Gasteiger partial charge >= 0.3 is 0 Å². The van der Waals surface area contributed by atoms with E-state index in [-0.39, 0.29) is 6.10 Å². The van der Waals surface area contributed by atoms with Crippen LogP contribution < -0.4 is 5.32 Å². The average molecular weight is 199 g/mol. The van der Waals surface area contributed by atoms with E-state index >= 15 is 0 Å². The van der Waals surface area contributed by atoms with Gasteiger partial charge in [-0.15, -0.1) is 0 Å². The quantitative estimate of drug-likeness (QED) is 0.690. The van der Waals surface area contributed by atoms with Crippen molar-refractivity contribution in [1.29, 1.82) is 0 Å². The van der Waals surface area contributed by atoms with E-state index in [2.05, 4.69) is 5.32 Å². The Kier molecular flexibility index (Phi) is 3.79. The molecule has 2 N–H and O–H groups in total. The van der Waals surface area contributed by atoms with E-state index < -0.39 is 0 Å². The summed E-state index contributed by atoms with van der Waals surface area (Å²) >= 11 is 0. The van der Waals surface area contributed by atoms with E-state index in [0.29, 0.717) is 11.8 Å². The van der Waals surface area contributed by atoms with Gasteiger partial charge in [0.15, 0.2) is 0 Å². The Balaban J connectivity index is 1.82. The van der Waals surface area contributed by atoms with Crippen molar-refractivity contribution in [1.82, 2.24) is 5.32 Å². The molecule has 0 aromatic carbocycles. The third-order valence-corrected chi connectivity index (χ3v) is 3.50. The van der Waals surface area contributed by atoms with Gasteiger partial charge < -0.3 is 15.2 Å². The molecule has 3 atom stereocenters. The molecule has 2 fully saturated rings. The van der Waals surface area contributed by atoms with Crippen molar-refractivity contribution in [2.45, 2.75) is 31.8 Å². The molecule has 0 aromatic heterocycles. The molecule has 0 bridgehead atoms. The molecule has 82 valence electrons. The maximum atomic E-state index is 10.2. The summed E-state index contributed by atoms with van der Waals surface area (Å²) in [5, 5.41) is 13.5. The van der Waals surface area contributed by atoms with Crippen molar-refractivity contribution < 1.29 is 9.84 Å². The molecule has 2 rings (SSSR count). The molecule has 2 heterocycles. The third-order valence-electron chi connectivity index (χ3n) is 3.50. The van der Waals surface area contributed by atoms with E-state index in [4.69, 9.17) is 4.74 Å². The topological polar surface area (TPSA) is 41.5 Å². The summed E-state index contributed by atoms with van der Waals surface area (Å²) in [6, 6.07) is 0. The van der Waals surface area contributed by atoms with Crippen LogP contribution >= 0.6 is 0 Å². The van der Waals surface area contributed by atoms with Crippen LogP contribution in [0.1, 0.15) is 25.7 Å². The van der Waals surface area contributed by atoms with Crippen LogP contribution in [0.2, 0.25) is 0 Å². The van der Waals surface area contributed by atoms with Crippen molar-refractivity contribution in [2.75, 3.05) is 26.3 Å². The van der Waals surface area contributed by atoms with Crippen LogP contribution in [0, 0.1) is 11.8 Å². The molecule has 3 unspecified atom stereocenters. The number of hydrogen-bond donors (Lipinski definition) is 2. The highest BCUT2D eigenvalue weighted by Crippen LogP contribution is 2.25. The largest absolute Gasteiger partial charge is 0.392 e. The van der Waals surface area contributed by atoms with Gasteiger partial charge in [-0.25, -0.2) is 0 Å². The lowest BCUT2D eigenvalue weighted by molar-refractivity contribution is -0.0370. The van der Waals surface area contributed by atoms with Crippen molar-refractivity contribution in [3.63, 3.8) is 0 Å². The zero-order chi connectivity index (χ0) is 9.80. The fourth-order valence-electron chi connectivity index (χ4n) is 2.59. The molecular formula is C11H21NO2. The molecule has 0 aliphatic carbocycles. The molecule has 0 saturated carbocycles. The minimum Gasteiger partial charge on any atom is -0.392 e. The summed E-state index contributed by atoms with van der Waals surface area (Å²) in [5.74, 6) is 0.837. The van der Waals surface area contributed by atoms with E-state index in [1.54, 1.807) is 0 Å². The van der Waals surface area contributed by atoms with Gasteiger partial charge in [0.05, 0.1) is 12.7 Å². The van der Waals surface area contributed by atoms with Gasteiger partial charge in [-0.05, 0) is 38.1 Å². The Hall–Kier alpha value is -0.120. The molecule has 3 heteroatoms. The molecule has 0 spiro atoms. The predicted molar refractivity (Wildman–Crippen MR) is 55.1 cm³/mol. The predicted octanol–water partition coefficient (Wildman–Crippen LogP) is 0.773. The highest BCUT2D eigenvalue weighted by atomic mass is 16.5. The number of nitrogens with one attached hydrogen (secondary N) is 1. The first kappa shape index (κ1) is 10.4. The van der Waals surface area contributed by atoms with Gasteiger partial charge in [0.2, 0.25) is 0 Å². The molecule has 14 heavy (non-hydrogen) atoms. The van der Waals surface area contributed by atoms with Crippen molar-refractivity contribution in [2.24, 2.45) is 11.8 Å². The lowest BCUT2D eigenvalue weighted by Gasteiger charge is -2.34. The lowest BCUT2D eigenvalue weighted by atomic mass is 9.83. The maximum Gasteiger partial charge on any atom is 0.0630 e. The smallest absolute Gasteiger partial charge is 0.0630 e. The molecule has 2 aliphatic heterocycles. The zero-order valence-corrected chi connectivity index (χ0v) is 8.74. The molecule has 2 saturated heterocycles. The minimum atomic E-state index is -0.150. The standard InChI is InChI=1S/C11H21NO2/c13-11(9-3-1-5-12-7-9)10-4-2-6-14-8-10/h9-13H,1-8H2. The summed E-state index contributed by atoms with van der Waals surface area (Å²) < 4.78 is 5.41. The van der Waals surface area contributed by atoms with Crippen molar-refractivity contribution in [3.05, 3.63) is 0 Å². The number of ether oxygens (including phenoxy) is 1. The second-order valence-corrected chi connectivity index (χ2v) is 4.57. The summed E-state index contributed by atoms with van der Waals surface area (Å²) in [5.41, 5.74) is 0. The van der Waals surface area contributed by atoms with Gasteiger partial charge in [-0.2, -0.15) is 0 Å². The van der Waals surface area contributed by atoms with E-state index in [1.165, 1.54) is 12.8 Å². The van der Waals surface area contributed by atoms with Crippen LogP contribution in [0.5, 0.6) is 0 Å². The van der Waals surface area contributed by atoms with E-state index in [1.807, 2.05) is 0 Å². The van der Waals surface area contributed by atoms with Crippen LogP contribution in [-0.2, 0) is 4.74 Å². The Bertz CT molecular complexity index is 145. The molecule has 0 aromatic rings. The van der Waals surface area contributed by atoms with E-state index in [9.17, 15) is 5.11 Å². The number of aliphatic hydroxyl groups is 1. The van der Waals surface area contributed by atoms with Crippen LogP contribution in [0.3, 0.4) is 0 Å². The second kappa shape index (κ2) is 5.10. The SMILES string of the molecule is OC(C1CCCNC1)C1CCCOC1. The summed E-state index contributed by atoms with van der Waals surface area (Å²) in [4.78, 5) is 0. The maximum absolute atomic E-state index is 10.2. The van der Waals surface area contributed by atoms with Crippen LogP contribution in [0.15, 0.2) is 0 Å². The lowest BCUT2D eigenvalue weighted by Crippen LogP contribution is -2.42. The first-order chi connectivity index (χ1) is 6.88. The Morgan fingerprint density at radius 3 is 2.71 bits per heavy atom. The van der Waals surface area contributed by atoms with Gasteiger partial charge in [0.1, 0.15) is 0 Å².